The Morgan fingerprint density at radius 2 is 2.09 bits per heavy atom. The highest BCUT2D eigenvalue weighted by molar-refractivity contribution is 5.09. The van der Waals surface area contributed by atoms with Crippen LogP contribution in [0, 0.1) is 11.8 Å². The predicted molar refractivity (Wildman–Crippen MR) is 47.5 cm³/mol. The molecule has 3 unspecified atom stereocenters. The highest BCUT2D eigenvalue weighted by atomic mass is 16.5. The topological polar surface area (TPSA) is 9.23 Å². The van der Waals surface area contributed by atoms with Crippen LogP contribution in [0.2, 0.25) is 0 Å². The first-order valence-electron chi connectivity index (χ1n) is 4.35. The smallest absolute Gasteiger partial charge is 0.0782 e. The molecule has 3 atom stereocenters. The molecule has 0 N–H and O–H groups in total. The molecule has 0 aromatic heterocycles. The van der Waals surface area contributed by atoms with Crippen LogP contribution >= 0.6 is 0 Å². The highest BCUT2D eigenvalue weighted by Crippen LogP contribution is 2.30. The minimum absolute atomic E-state index is 0.346. The Bertz CT molecular complexity index is 160. The van der Waals surface area contributed by atoms with Gasteiger partial charge in [-0.1, -0.05) is 25.5 Å². The molecule has 0 amide bonds. The number of hydrogen-bond donors (Lipinski definition) is 0. The minimum Gasteiger partial charge on any atom is -0.377 e. The van der Waals surface area contributed by atoms with Gasteiger partial charge in [-0.3, -0.25) is 0 Å². The van der Waals surface area contributed by atoms with Gasteiger partial charge >= 0.3 is 0 Å². The summed E-state index contributed by atoms with van der Waals surface area (Å²) >= 11 is 0. The largest absolute Gasteiger partial charge is 0.377 e. The fourth-order valence-electron chi connectivity index (χ4n) is 1.80. The third-order valence-electron chi connectivity index (χ3n) is 2.78. The quantitative estimate of drug-likeness (QED) is 0.527. The van der Waals surface area contributed by atoms with E-state index in [9.17, 15) is 0 Å². The summed E-state index contributed by atoms with van der Waals surface area (Å²) in [6, 6.07) is 0. The third-order valence-corrected chi connectivity index (χ3v) is 2.78. The van der Waals surface area contributed by atoms with Crippen LogP contribution in [0.1, 0.15) is 27.2 Å². The Balaban J connectivity index is 2.70. The second-order valence-electron chi connectivity index (χ2n) is 3.75. The van der Waals surface area contributed by atoms with Crippen LogP contribution in [0.4, 0.5) is 0 Å². The lowest BCUT2D eigenvalue weighted by atomic mass is 9.80. The van der Waals surface area contributed by atoms with Crippen LogP contribution in [0.5, 0.6) is 0 Å². The monoisotopic (exact) mass is 154 g/mol. The summed E-state index contributed by atoms with van der Waals surface area (Å²) in [4.78, 5) is 0. The summed E-state index contributed by atoms with van der Waals surface area (Å²) in [5.74, 6) is 1.44. The van der Waals surface area contributed by atoms with E-state index in [2.05, 4.69) is 26.8 Å². The molecule has 1 rings (SSSR count). The highest BCUT2D eigenvalue weighted by Gasteiger charge is 2.25. The molecule has 0 fully saturated rings. The third kappa shape index (κ3) is 1.84. The molecular weight excluding hydrogens is 136 g/mol. The van der Waals surface area contributed by atoms with Crippen molar-refractivity contribution in [3.8, 4) is 0 Å². The molecule has 0 aromatic carbocycles. The van der Waals surface area contributed by atoms with Crippen LogP contribution in [0.25, 0.3) is 0 Å². The molecule has 0 spiro atoms. The first kappa shape index (κ1) is 8.79. The Labute approximate surface area is 69.4 Å². The van der Waals surface area contributed by atoms with Crippen LogP contribution in [-0.4, -0.2) is 13.2 Å². The zero-order chi connectivity index (χ0) is 8.43. The molecule has 1 heteroatoms. The molecule has 0 aromatic rings. The van der Waals surface area contributed by atoms with Crippen molar-refractivity contribution >= 4 is 0 Å². The normalized spacial score (nSPS) is 38.5. The lowest BCUT2D eigenvalue weighted by Gasteiger charge is -2.31. The van der Waals surface area contributed by atoms with Gasteiger partial charge in [0.05, 0.1) is 6.10 Å². The maximum Gasteiger partial charge on any atom is 0.0782 e. The van der Waals surface area contributed by atoms with Crippen molar-refractivity contribution in [1.82, 2.24) is 0 Å². The van der Waals surface area contributed by atoms with Gasteiger partial charge in [0.1, 0.15) is 0 Å². The fraction of sp³-hybridized carbons (Fsp3) is 0.800. The van der Waals surface area contributed by atoms with E-state index in [4.69, 9.17) is 4.74 Å². The molecule has 1 aliphatic carbocycles. The number of rotatable bonds is 1. The first-order chi connectivity index (χ1) is 5.15. The number of allylic oxidation sites excluding steroid dienone is 1. The van der Waals surface area contributed by atoms with Crippen LogP contribution in [-0.2, 0) is 4.74 Å². The molecular formula is C10H18O. The molecule has 0 radical (unpaired) electrons. The van der Waals surface area contributed by atoms with Crippen molar-refractivity contribution in [2.75, 3.05) is 7.11 Å². The van der Waals surface area contributed by atoms with E-state index < -0.39 is 0 Å². The minimum atomic E-state index is 0.346. The van der Waals surface area contributed by atoms with Gasteiger partial charge in [-0.25, -0.2) is 0 Å². The average Bonchev–Trinajstić information content (AvgIpc) is 1.96. The summed E-state index contributed by atoms with van der Waals surface area (Å²) in [6.07, 6.45) is 3.84. The maximum atomic E-state index is 5.37. The Morgan fingerprint density at radius 3 is 2.64 bits per heavy atom. The van der Waals surface area contributed by atoms with Crippen LogP contribution < -0.4 is 0 Å². The van der Waals surface area contributed by atoms with Crippen molar-refractivity contribution in [3.63, 3.8) is 0 Å². The molecule has 0 bridgehead atoms. The lowest BCUT2D eigenvalue weighted by molar-refractivity contribution is 0.0657. The van der Waals surface area contributed by atoms with Gasteiger partial charge in [0, 0.05) is 7.11 Å². The average molecular weight is 154 g/mol. The summed E-state index contributed by atoms with van der Waals surface area (Å²) in [5.41, 5.74) is 1.47. The zero-order valence-electron chi connectivity index (χ0n) is 7.92. The number of ether oxygens (including phenoxy) is 1. The van der Waals surface area contributed by atoms with Gasteiger partial charge < -0.3 is 4.74 Å². The molecule has 11 heavy (non-hydrogen) atoms. The Morgan fingerprint density at radius 1 is 1.45 bits per heavy atom. The summed E-state index contributed by atoms with van der Waals surface area (Å²) in [7, 11) is 1.79. The SMILES string of the molecule is COC1C=C(C)CC(C)C1C. The van der Waals surface area contributed by atoms with Crippen LogP contribution in [0.3, 0.4) is 0 Å². The summed E-state index contributed by atoms with van der Waals surface area (Å²) < 4.78 is 5.37. The van der Waals surface area contributed by atoms with Gasteiger partial charge in [0.15, 0.2) is 0 Å². The molecule has 64 valence electrons. The second kappa shape index (κ2) is 3.40. The summed E-state index contributed by atoms with van der Waals surface area (Å²) in [6.45, 7) is 6.75. The zero-order valence-corrected chi connectivity index (χ0v) is 7.92. The van der Waals surface area contributed by atoms with Gasteiger partial charge in [-0.15, -0.1) is 0 Å². The van der Waals surface area contributed by atoms with Crippen molar-refractivity contribution in [3.05, 3.63) is 11.6 Å². The predicted octanol–water partition coefficient (Wildman–Crippen LogP) is 2.62. The van der Waals surface area contributed by atoms with Gasteiger partial charge in [0.2, 0.25) is 0 Å². The van der Waals surface area contributed by atoms with Crippen LogP contribution in [0.15, 0.2) is 11.6 Å². The Kier molecular flexibility index (Phi) is 2.72. The first-order valence-corrected chi connectivity index (χ1v) is 4.35. The van der Waals surface area contributed by atoms with Crippen molar-refractivity contribution < 1.29 is 4.74 Å². The number of methoxy groups -OCH3 is 1. The second-order valence-corrected chi connectivity index (χ2v) is 3.75. The molecule has 0 heterocycles. The summed E-state index contributed by atoms with van der Waals surface area (Å²) in [5, 5.41) is 0. The molecule has 1 nitrogen and oxygen atoms in total. The fourth-order valence-corrected chi connectivity index (χ4v) is 1.80. The van der Waals surface area contributed by atoms with Gasteiger partial charge in [-0.2, -0.15) is 0 Å². The van der Waals surface area contributed by atoms with E-state index in [0.717, 1.165) is 5.92 Å². The van der Waals surface area contributed by atoms with E-state index in [-0.39, 0.29) is 0 Å². The van der Waals surface area contributed by atoms with E-state index >= 15 is 0 Å². The number of hydrogen-bond acceptors (Lipinski definition) is 1. The lowest BCUT2D eigenvalue weighted by Crippen LogP contribution is -2.28. The van der Waals surface area contributed by atoms with Gasteiger partial charge in [0.25, 0.3) is 0 Å². The molecule has 0 aliphatic heterocycles. The van der Waals surface area contributed by atoms with E-state index in [1.807, 2.05) is 0 Å². The Hall–Kier alpha value is -0.300. The molecule has 0 saturated carbocycles. The standard InChI is InChI=1S/C10H18O/c1-7-5-8(2)9(3)10(6-7)11-4/h6,8-10H,5H2,1-4H3. The van der Waals surface area contributed by atoms with E-state index in [0.29, 0.717) is 12.0 Å². The molecule has 1 aliphatic rings. The maximum absolute atomic E-state index is 5.37. The van der Waals surface area contributed by atoms with Gasteiger partial charge in [-0.05, 0) is 25.2 Å². The van der Waals surface area contributed by atoms with E-state index in [1.54, 1.807) is 7.11 Å². The van der Waals surface area contributed by atoms with Crippen molar-refractivity contribution in [2.45, 2.75) is 33.3 Å². The van der Waals surface area contributed by atoms with E-state index in [1.165, 1.54) is 12.0 Å². The van der Waals surface area contributed by atoms with Crippen molar-refractivity contribution in [1.29, 1.82) is 0 Å². The molecule has 0 saturated heterocycles. The van der Waals surface area contributed by atoms with Crippen molar-refractivity contribution in [2.24, 2.45) is 11.8 Å².